The van der Waals surface area contributed by atoms with Gasteiger partial charge < -0.3 is 25.0 Å². The van der Waals surface area contributed by atoms with Crippen LogP contribution >= 0.6 is 0 Å². The second kappa shape index (κ2) is 8.86. The van der Waals surface area contributed by atoms with Crippen LogP contribution in [0.4, 0.5) is 8.78 Å². The third kappa shape index (κ3) is 3.98. The highest BCUT2D eigenvalue weighted by atomic mass is 19.1. The van der Waals surface area contributed by atoms with E-state index in [0.29, 0.717) is 6.07 Å². The maximum atomic E-state index is 13.9. The van der Waals surface area contributed by atoms with Crippen molar-refractivity contribution >= 4 is 17.6 Å². The summed E-state index contributed by atoms with van der Waals surface area (Å²) < 4.78 is 33.1. The van der Waals surface area contributed by atoms with Gasteiger partial charge in [0.25, 0.3) is 11.8 Å². The molecule has 3 heterocycles. The first-order valence-corrected chi connectivity index (χ1v) is 11.2. The Hall–Kier alpha value is -3.63. The van der Waals surface area contributed by atoms with Gasteiger partial charge in [-0.3, -0.25) is 14.4 Å². The average molecular weight is 483 g/mol. The monoisotopic (exact) mass is 483 g/mol. The number of benzene rings is 2. The van der Waals surface area contributed by atoms with Crippen molar-refractivity contribution in [3.05, 3.63) is 83.1 Å². The highest BCUT2D eigenvalue weighted by Crippen LogP contribution is 2.39. The fourth-order valence-corrected chi connectivity index (χ4v) is 4.91. The Bertz CT molecular complexity index is 1220. The zero-order valence-electron chi connectivity index (χ0n) is 18.7. The number of aliphatic hydroxyl groups excluding tert-OH is 1. The molecule has 5 rings (SSSR count). The fraction of sp³-hybridized carbons (Fsp3) is 0.320. The Balaban J connectivity index is 1.36. The maximum Gasteiger partial charge on any atom is 0.256 e. The molecule has 0 saturated carbocycles. The number of nitrogens with one attached hydrogen (secondary N) is 1. The average Bonchev–Trinajstić information content (AvgIpc) is 3.17. The molecule has 2 N–H and O–H groups in total. The number of rotatable bonds is 4. The third-order valence-electron chi connectivity index (χ3n) is 6.68. The smallest absolute Gasteiger partial charge is 0.256 e. The summed E-state index contributed by atoms with van der Waals surface area (Å²) in [7, 11) is 0. The lowest BCUT2D eigenvalue weighted by molar-refractivity contribution is -0.162. The minimum atomic E-state index is -1.75. The quantitative estimate of drug-likeness (QED) is 0.639. The van der Waals surface area contributed by atoms with Gasteiger partial charge in [0.15, 0.2) is 6.23 Å². The van der Waals surface area contributed by atoms with Crippen LogP contribution in [0.2, 0.25) is 0 Å². The lowest BCUT2D eigenvalue weighted by Gasteiger charge is -2.45. The molecule has 5 atom stereocenters. The number of amides is 2. The van der Waals surface area contributed by atoms with E-state index in [1.165, 1.54) is 17.2 Å². The molecule has 0 aromatic heterocycles. The molecule has 3 aliphatic heterocycles. The number of halogens is 2. The van der Waals surface area contributed by atoms with Crippen molar-refractivity contribution in [1.82, 2.24) is 15.1 Å². The number of nitrogens with zero attached hydrogens (tertiary/aromatic N) is 2. The Morgan fingerprint density at radius 2 is 1.91 bits per heavy atom. The Kier molecular flexibility index (Phi) is 5.86. The molecule has 0 aliphatic carbocycles. The van der Waals surface area contributed by atoms with Crippen LogP contribution in [0.5, 0.6) is 0 Å². The minimum Gasteiger partial charge on any atom is -0.382 e. The molecular weight excluding hydrogens is 460 g/mol. The lowest BCUT2D eigenvalue weighted by atomic mass is 9.91. The summed E-state index contributed by atoms with van der Waals surface area (Å²) in [5, 5.41) is 13.1. The molecule has 0 spiro atoms. The molecule has 182 valence electrons. The van der Waals surface area contributed by atoms with Crippen molar-refractivity contribution in [3.63, 3.8) is 0 Å². The van der Waals surface area contributed by atoms with Crippen LogP contribution < -0.4 is 5.32 Å². The van der Waals surface area contributed by atoms with Gasteiger partial charge in [-0.2, -0.15) is 0 Å². The SMILES string of the molecule is C[C@@H]1[C@H](c2ccccc2)OC2CN3C=C(C(=O)NCc4ccc(F)cc4F)C(=O)C(O)C3C(=O)N21. The van der Waals surface area contributed by atoms with Gasteiger partial charge in [-0.1, -0.05) is 36.4 Å². The van der Waals surface area contributed by atoms with E-state index in [1.54, 1.807) is 4.90 Å². The Labute approximate surface area is 199 Å². The van der Waals surface area contributed by atoms with Crippen molar-refractivity contribution in [2.24, 2.45) is 0 Å². The summed E-state index contributed by atoms with van der Waals surface area (Å²) in [4.78, 5) is 41.9. The van der Waals surface area contributed by atoms with E-state index in [1.807, 2.05) is 37.3 Å². The highest BCUT2D eigenvalue weighted by Gasteiger charge is 2.54. The molecule has 2 saturated heterocycles. The van der Waals surface area contributed by atoms with Crippen LogP contribution in [0.25, 0.3) is 0 Å². The van der Waals surface area contributed by atoms with Crippen molar-refractivity contribution < 1.29 is 33.0 Å². The topological polar surface area (TPSA) is 99.2 Å². The van der Waals surface area contributed by atoms with Gasteiger partial charge in [0.2, 0.25) is 5.78 Å². The van der Waals surface area contributed by atoms with Gasteiger partial charge in [0, 0.05) is 24.4 Å². The molecule has 3 aliphatic rings. The van der Waals surface area contributed by atoms with Crippen LogP contribution in [-0.2, 0) is 25.7 Å². The van der Waals surface area contributed by atoms with E-state index < -0.39 is 47.6 Å². The molecule has 35 heavy (non-hydrogen) atoms. The van der Waals surface area contributed by atoms with E-state index in [4.69, 9.17) is 4.74 Å². The first-order valence-electron chi connectivity index (χ1n) is 11.2. The number of Topliss-reactive ketones (excluding diaryl/α,β-unsaturated/α-hetero) is 1. The second-order valence-corrected chi connectivity index (χ2v) is 8.82. The zero-order valence-corrected chi connectivity index (χ0v) is 18.7. The van der Waals surface area contributed by atoms with Crippen LogP contribution in [0.3, 0.4) is 0 Å². The molecule has 0 radical (unpaired) electrons. The molecule has 3 unspecified atom stereocenters. The van der Waals surface area contributed by atoms with E-state index in [-0.39, 0.29) is 36.4 Å². The fourth-order valence-electron chi connectivity index (χ4n) is 4.91. The van der Waals surface area contributed by atoms with E-state index in [2.05, 4.69) is 5.32 Å². The Morgan fingerprint density at radius 1 is 1.17 bits per heavy atom. The van der Waals surface area contributed by atoms with E-state index in [9.17, 15) is 28.3 Å². The number of hydrogen-bond donors (Lipinski definition) is 2. The van der Waals surface area contributed by atoms with Crippen molar-refractivity contribution in [3.8, 4) is 0 Å². The summed E-state index contributed by atoms with van der Waals surface area (Å²) in [6, 6.07) is 10.9. The molecule has 8 nitrogen and oxygen atoms in total. The Morgan fingerprint density at radius 3 is 2.63 bits per heavy atom. The number of carbonyl (C=O) groups excluding carboxylic acids is 3. The molecule has 10 heteroatoms. The standard InChI is InChI=1S/C25H23F2N3O5/c1-13-23(14-5-3-2-4-6-14)35-19-12-29-11-17(21(31)22(32)20(29)25(34)30(13)19)24(33)28-10-15-7-8-16(26)9-18(15)27/h2-9,11,13,19-20,22-23,32H,10,12H2,1H3,(H,28,33)/t13-,19?,20?,22?,23-/m1/s1. The number of carbonyl (C=O) groups is 3. The predicted octanol–water partition coefficient (Wildman–Crippen LogP) is 1.41. The second-order valence-electron chi connectivity index (χ2n) is 8.82. The lowest BCUT2D eigenvalue weighted by Crippen LogP contribution is -2.66. The predicted molar refractivity (Wildman–Crippen MR) is 118 cm³/mol. The van der Waals surface area contributed by atoms with Crippen LogP contribution in [0, 0.1) is 11.6 Å². The first-order chi connectivity index (χ1) is 16.8. The molecule has 2 amide bonds. The number of ether oxygens (including phenoxy) is 1. The molecular formula is C25H23F2N3O5. The summed E-state index contributed by atoms with van der Waals surface area (Å²) >= 11 is 0. The summed E-state index contributed by atoms with van der Waals surface area (Å²) in [5.74, 6) is -3.79. The van der Waals surface area contributed by atoms with Crippen LogP contribution in [-0.4, -0.2) is 63.5 Å². The summed E-state index contributed by atoms with van der Waals surface area (Å²) in [6.07, 6.45) is -1.51. The van der Waals surface area contributed by atoms with Crippen molar-refractivity contribution in [2.75, 3.05) is 6.54 Å². The number of hydrogen-bond acceptors (Lipinski definition) is 6. The van der Waals surface area contributed by atoms with Gasteiger partial charge in [-0.15, -0.1) is 0 Å². The van der Waals surface area contributed by atoms with Crippen molar-refractivity contribution in [1.29, 1.82) is 0 Å². The zero-order chi connectivity index (χ0) is 24.9. The normalized spacial score (nSPS) is 27.9. The third-order valence-corrected chi connectivity index (χ3v) is 6.68. The largest absolute Gasteiger partial charge is 0.382 e. The number of fused-ring (bicyclic) bond motifs is 2. The van der Waals surface area contributed by atoms with Gasteiger partial charge in [-0.25, -0.2) is 8.78 Å². The number of ketones is 1. The first kappa shape index (κ1) is 23.1. The van der Waals surface area contributed by atoms with Crippen LogP contribution in [0.1, 0.15) is 24.2 Å². The van der Waals surface area contributed by atoms with Crippen molar-refractivity contribution in [2.45, 2.75) is 44.0 Å². The minimum absolute atomic E-state index is 0.0334. The molecule has 2 fully saturated rings. The van der Waals surface area contributed by atoms with Gasteiger partial charge in [-0.05, 0) is 18.6 Å². The maximum absolute atomic E-state index is 13.9. The van der Waals surface area contributed by atoms with Gasteiger partial charge >= 0.3 is 0 Å². The number of piperazine rings is 1. The van der Waals surface area contributed by atoms with E-state index >= 15 is 0 Å². The van der Waals surface area contributed by atoms with E-state index in [0.717, 1.165) is 11.6 Å². The number of aliphatic hydroxyl groups is 1. The van der Waals surface area contributed by atoms with Gasteiger partial charge in [0.05, 0.1) is 12.6 Å². The highest BCUT2D eigenvalue weighted by molar-refractivity contribution is 6.22. The molecule has 2 aromatic rings. The van der Waals surface area contributed by atoms with Crippen LogP contribution in [0.15, 0.2) is 60.3 Å². The molecule has 0 bridgehead atoms. The van der Waals surface area contributed by atoms with Gasteiger partial charge in [0.1, 0.15) is 35.5 Å². The summed E-state index contributed by atoms with van der Waals surface area (Å²) in [6.45, 7) is 1.72. The summed E-state index contributed by atoms with van der Waals surface area (Å²) in [5.41, 5.74) is 0.578. The molecule has 2 aromatic carbocycles.